The Bertz CT molecular complexity index is 284. The molecule has 0 aromatic heterocycles. The van der Waals surface area contributed by atoms with E-state index in [1.54, 1.807) is 0 Å². The SMILES string of the molecule is CCCCCCC/C=C/CC(CC(=O)OC)C(=O)O. The van der Waals surface area contributed by atoms with Crippen LogP contribution >= 0.6 is 0 Å². The van der Waals surface area contributed by atoms with Crippen LogP contribution in [0.3, 0.4) is 0 Å². The molecule has 4 nitrogen and oxygen atoms in total. The number of hydrogen-bond donors (Lipinski definition) is 1. The van der Waals surface area contributed by atoms with Crippen LogP contribution in [0, 0.1) is 5.92 Å². The van der Waals surface area contributed by atoms with E-state index in [0.717, 1.165) is 12.8 Å². The van der Waals surface area contributed by atoms with Gasteiger partial charge in [-0.2, -0.15) is 0 Å². The van der Waals surface area contributed by atoms with Crippen LogP contribution < -0.4 is 0 Å². The number of esters is 1. The number of carboxylic acids is 1. The van der Waals surface area contributed by atoms with Gasteiger partial charge in [-0.3, -0.25) is 9.59 Å². The highest BCUT2D eigenvalue weighted by molar-refractivity contribution is 5.78. The summed E-state index contributed by atoms with van der Waals surface area (Å²) in [5, 5.41) is 8.98. The van der Waals surface area contributed by atoms with Crippen LogP contribution in [0.15, 0.2) is 12.2 Å². The standard InChI is InChI=1S/C15H26O4/c1-3-4-5-6-7-8-9-10-11-13(15(17)18)12-14(16)19-2/h9-10,13H,3-8,11-12H2,1-2H3,(H,17,18)/b10-9+. The first kappa shape index (κ1) is 17.7. The molecule has 0 bridgehead atoms. The largest absolute Gasteiger partial charge is 0.481 e. The van der Waals surface area contributed by atoms with E-state index >= 15 is 0 Å². The summed E-state index contributed by atoms with van der Waals surface area (Å²) in [5.74, 6) is -2.10. The minimum atomic E-state index is -0.946. The molecule has 1 N–H and O–H groups in total. The molecule has 0 fully saturated rings. The first-order chi connectivity index (χ1) is 9.11. The number of rotatable bonds is 11. The fourth-order valence-electron chi connectivity index (χ4n) is 1.80. The molecule has 0 heterocycles. The number of methoxy groups -OCH3 is 1. The van der Waals surface area contributed by atoms with E-state index in [0.29, 0.717) is 6.42 Å². The van der Waals surface area contributed by atoms with Crippen molar-refractivity contribution in [1.82, 2.24) is 0 Å². The smallest absolute Gasteiger partial charge is 0.307 e. The van der Waals surface area contributed by atoms with Gasteiger partial charge in [-0.25, -0.2) is 0 Å². The summed E-state index contributed by atoms with van der Waals surface area (Å²) in [6, 6.07) is 0. The Hall–Kier alpha value is -1.32. The van der Waals surface area contributed by atoms with Crippen LogP contribution in [-0.4, -0.2) is 24.2 Å². The fourth-order valence-corrected chi connectivity index (χ4v) is 1.80. The summed E-state index contributed by atoms with van der Waals surface area (Å²) in [6.07, 6.45) is 11.3. The van der Waals surface area contributed by atoms with Crippen molar-refractivity contribution in [3.63, 3.8) is 0 Å². The van der Waals surface area contributed by atoms with Gasteiger partial charge in [-0.1, -0.05) is 44.8 Å². The Morgan fingerprint density at radius 1 is 1.16 bits per heavy atom. The van der Waals surface area contributed by atoms with Gasteiger partial charge >= 0.3 is 11.9 Å². The number of hydrogen-bond acceptors (Lipinski definition) is 3. The molecule has 19 heavy (non-hydrogen) atoms. The molecule has 0 aromatic carbocycles. The number of carbonyl (C=O) groups is 2. The first-order valence-corrected chi connectivity index (χ1v) is 7.06. The van der Waals surface area contributed by atoms with Gasteiger partial charge in [0.25, 0.3) is 0 Å². The maximum absolute atomic E-state index is 11.1. The monoisotopic (exact) mass is 270 g/mol. The molecule has 0 rings (SSSR count). The molecule has 0 aromatic rings. The summed E-state index contributed by atoms with van der Waals surface area (Å²) < 4.78 is 4.49. The molecule has 0 aliphatic rings. The van der Waals surface area contributed by atoms with Crippen LogP contribution in [0.4, 0.5) is 0 Å². The van der Waals surface area contributed by atoms with Gasteiger partial charge in [0.2, 0.25) is 0 Å². The zero-order valence-electron chi connectivity index (χ0n) is 12.1. The summed E-state index contributed by atoms with van der Waals surface area (Å²) in [4.78, 5) is 22.0. The average Bonchev–Trinajstić information content (AvgIpc) is 2.39. The second kappa shape index (κ2) is 11.8. The number of aliphatic carboxylic acids is 1. The van der Waals surface area contributed by atoms with Crippen molar-refractivity contribution in [1.29, 1.82) is 0 Å². The highest BCUT2D eigenvalue weighted by Crippen LogP contribution is 2.12. The highest BCUT2D eigenvalue weighted by Gasteiger charge is 2.19. The van der Waals surface area contributed by atoms with Gasteiger partial charge in [0, 0.05) is 0 Å². The van der Waals surface area contributed by atoms with Gasteiger partial charge in [0.15, 0.2) is 0 Å². The van der Waals surface area contributed by atoms with Crippen molar-refractivity contribution in [2.45, 2.75) is 58.3 Å². The van der Waals surface area contributed by atoms with Crippen molar-refractivity contribution >= 4 is 11.9 Å². The lowest BCUT2D eigenvalue weighted by Gasteiger charge is -2.07. The van der Waals surface area contributed by atoms with Crippen LogP contribution in [0.25, 0.3) is 0 Å². The Balaban J connectivity index is 3.79. The number of carbonyl (C=O) groups excluding carboxylic acids is 1. The molecule has 0 saturated heterocycles. The topological polar surface area (TPSA) is 63.6 Å². The summed E-state index contributed by atoms with van der Waals surface area (Å²) >= 11 is 0. The van der Waals surface area contributed by atoms with E-state index in [9.17, 15) is 9.59 Å². The molecule has 1 unspecified atom stereocenters. The lowest BCUT2D eigenvalue weighted by atomic mass is 10.0. The summed E-state index contributed by atoms with van der Waals surface area (Å²) in [6.45, 7) is 2.19. The molecule has 1 atom stereocenters. The van der Waals surface area contributed by atoms with Crippen molar-refractivity contribution < 1.29 is 19.4 Å². The maximum atomic E-state index is 11.1. The van der Waals surface area contributed by atoms with E-state index in [2.05, 4.69) is 11.7 Å². The normalized spacial score (nSPS) is 12.5. The van der Waals surface area contributed by atoms with E-state index in [1.165, 1.54) is 32.8 Å². The number of carboxylic acid groups (broad SMARTS) is 1. The average molecular weight is 270 g/mol. The van der Waals surface area contributed by atoms with Crippen molar-refractivity contribution in [2.75, 3.05) is 7.11 Å². The molecule has 4 heteroatoms. The summed E-state index contributed by atoms with van der Waals surface area (Å²) in [5.41, 5.74) is 0. The molecule has 0 aliphatic carbocycles. The Morgan fingerprint density at radius 3 is 2.42 bits per heavy atom. The number of unbranched alkanes of at least 4 members (excludes halogenated alkanes) is 5. The lowest BCUT2D eigenvalue weighted by Crippen LogP contribution is -2.18. The third kappa shape index (κ3) is 10.3. The van der Waals surface area contributed by atoms with E-state index in [1.807, 2.05) is 12.2 Å². The van der Waals surface area contributed by atoms with Gasteiger partial charge in [0.05, 0.1) is 19.4 Å². The number of ether oxygens (including phenoxy) is 1. The molecule has 0 spiro atoms. The first-order valence-electron chi connectivity index (χ1n) is 7.06. The third-order valence-electron chi connectivity index (χ3n) is 3.05. The van der Waals surface area contributed by atoms with Crippen molar-refractivity contribution in [3.05, 3.63) is 12.2 Å². The lowest BCUT2D eigenvalue weighted by molar-refractivity contribution is -0.149. The minimum absolute atomic E-state index is 0.0628. The van der Waals surface area contributed by atoms with Crippen LogP contribution in [-0.2, 0) is 14.3 Å². The van der Waals surface area contributed by atoms with Gasteiger partial charge in [0.1, 0.15) is 0 Å². The molecule has 0 radical (unpaired) electrons. The van der Waals surface area contributed by atoms with Gasteiger partial charge < -0.3 is 9.84 Å². The van der Waals surface area contributed by atoms with Crippen molar-refractivity contribution in [2.24, 2.45) is 5.92 Å². The van der Waals surface area contributed by atoms with Crippen LogP contribution in [0.1, 0.15) is 58.3 Å². The molecule has 0 aliphatic heterocycles. The Labute approximate surface area is 115 Å². The second-order valence-corrected chi connectivity index (χ2v) is 4.73. The van der Waals surface area contributed by atoms with E-state index in [4.69, 9.17) is 5.11 Å². The molecule has 0 saturated carbocycles. The van der Waals surface area contributed by atoms with Gasteiger partial charge in [-0.05, 0) is 19.3 Å². The van der Waals surface area contributed by atoms with E-state index < -0.39 is 17.9 Å². The quantitative estimate of drug-likeness (QED) is 0.354. The third-order valence-corrected chi connectivity index (χ3v) is 3.05. The number of allylic oxidation sites excluding steroid dienone is 2. The zero-order valence-corrected chi connectivity index (χ0v) is 12.1. The highest BCUT2D eigenvalue weighted by atomic mass is 16.5. The molecule has 0 amide bonds. The fraction of sp³-hybridized carbons (Fsp3) is 0.733. The predicted molar refractivity (Wildman–Crippen MR) is 74.9 cm³/mol. The zero-order chi connectivity index (χ0) is 14.5. The van der Waals surface area contributed by atoms with E-state index in [-0.39, 0.29) is 6.42 Å². The van der Waals surface area contributed by atoms with Crippen LogP contribution in [0.2, 0.25) is 0 Å². The van der Waals surface area contributed by atoms with Gasteiger partial charge in [-0.15, -0.1) is 0 Å². The molecular formula is C15H26O4. The molecule has 110 valence electrons. The second-order valence-electron chi connectivity index (χ2n) is 4.73. The van der Waals surface area contributed by atoms with Crippen molar-refractivity contribution in [3.8, 4) is 0 Å². The predicted octanol–water partition coefficient (Wildman–Crippen LogP) is 3.56. The molecular weight excluding hydrogens is 244 g/mol. The Kier molecular flexibility index (Phi) is 10.9. The van der Waals surface area contributed by atoms with Crippen LogP contribution in [0.5, 0.6) is 0 Å². The maximum Gasteiger partial charge on any atom is 0.307 e. The summed E-state index contributed by atoms with van der Waals surface area (Å²) in [7, 11) is 1.27. The Morgan fingerprint density at radius 2 is 1.84 bits per heavy atom. The minimum Gasteiger partial charge on any atom is -0.481 e.